The van der Waals surface area contributed by atoms with Gasteiger partial charge in [-0.25, -0.2) is 9.18 Å². The van der Waals surface area contributed by atoms with Crippen molar-refractivity contribution in [1.29, 1.82) is 0 Å². The lowest BCUT2D eigenvalue weighted by Gasteiger charge is -2.06. The van der Waals surface area contributed by atoms with Crippen molar-refractivity contribution >= 4 is 37.7 Å². The van der Waals surface area contributed by atoms with Gasteiger partial charge >= 0.3 is 5.97 Å². The predicted molar refractivity (Wildman–Crippen MR) is 94.7 cm³/mol. The second-order valence-corrected chi connectivity index (χ2v) is 7.70. The molecule has 0 spiro atoms. The third-order valence-corrected chi connectivity index (χ3v) is 5.62. The number of hydrogen-bond acceptors (Lipinski definition) is 6. The molecule has 0 radical (unpaired) electrons. The number of aromatic nitrogens is 2. The molecule has 0 bridgehead atoms. The van der Waals surface area contributed by atoms with Gasteiger partial charge in [0.25, 0.3) is 10.0 Å². The number of benzene rings is 2. The highest BCUT2D eigenvalue weighted by Crippen LogP contribution is 2.23. The van der Waals surface area contributed by atoms with Gasteiger partial charge in [0.05, 0.1) is 10.5 Å². The van der Waals surface area contributed by atoms with E-state index in [1.54, 1.807) is 18.2 Å². The normalized spacial score (nSPS) is 11.3. The summed E-state index contributed by atoms with van der Waals surface area (Å²) in [4.78, 5) is 12.0. The lowest BCUT2D eigenvalue weighted by Crippen LogP contribution is -2.17. The molecule has 7 nitrogen and oxygen atoms in total. The first-order chi connectivity index (χ1) is 12.3. The van der Waals surface area contributed by atoms with E-state index in [4.69, 9.17) is 10.5 Å². The van der Waals surface area contributed by atoms with Gasteiger partial charge in [0.1, 0.15) is 11.6 Å². The van der Waals surface area contributed by atoms with Crippen LogP contribution in [0.2, 0.25) is 0 Å². The minimum Gasteiger partial charge on any atom is -0.402 e. The summed E-state index contributed by atoms with van der Waals surface area (Å²) in [6.45, 7) is 0. The van der Waals surface area contributed by atoms with E-state index in [9.17, 15) is 17.6 Å². The number of carbonyl (C=O) groups excluding carboxylic acids is 1. The molecule has 0 aliphatic rings. The highest BCUT2D eigenvalue weighted by Gasteiger charge is 2.23. The van der Waals surface area contributed by atoms with Crippen LogP contribution < -0.4 is 10.5 Å². The molecule has 1 aromatic heterocycles. The zero-order chi connectivity index (χ0) is 18.9. The van der Waals surface area contributed by atoms with E-state index in [2.05, 4.69) is 21.0 Å². The molecule has 0 atom stereocenters. The third-order valence-electron chi connectivity index (χ3n) is 3.31. The molecule has 2 aromatic carbocycles. The quantitative estimate of drug-likeness (QED) is 0.626. The second kappa shape index (κ2) is 6.89. The van der Waals surface area contributed by atoms with E-state index in [1.165, 1.54) is 6.07 Å². The summed E-state index contributed by atoms with van der Waals surface area (Å²) >= 11 is 3.22. The van der Waals surface area contributed by atoms with Crippen LogP contribution >= 0.6 is 15.9 Å². The van der Waals surface area contributed by atoms with Gasteiger partial charge in [0.2, 0.25) is 5.88 Å². The zero-order valence-corrected chi connectivity index (χ0v) is 15.4. The number of nitrogens with zero attached hydrogens (tertiary/aromatic N) is 2. The van der Waals surface area contributed by atoms with Gasteiger partial charge in [-0.15, -0.1) is 9.19 Å². The fourth-order valence-corrected chi connectivity index (χ4v) is 3.73. The highest BCUT2D eigenvalue weighted by molar-refractivity contribution is 9.10. The van der Waals surface area contributed by atoms with Crippen LogP contribution in [-0.2, 0) is 10.0 Å². The Bertz CT molecular complexity index is 1080. The SMILES string of the molecule is Nc1cc(OC(=O)c2ccccc2Br)nn1S(=O)(=O)c1ccc(F)cc1. The minimum absolute atomic E-state index is 0.211. The van der Waals surface area contributed by atoms with Gasteiger partial charge in [0.15, 0.2) is 0 Å². The average molecular weight is 440 g/mol. The lowest BCUT2D eigenvalue weighted by molar-refractivity contribution is 0.0726. The van der Waals surface area contributed by atoms with E-state index in [0.29, 0.717) is 8.56 Å². The maximum absolute atomic E-state index is 13.0. The molecule has 0 aliphatic carbocycles. The number of halogens is 2. The smallest absolute Gasteiger partial charge is 0.346 e. The summed E-state index contributed by atoms with van der Waals surface area (Å²) in [6, 6.07) is 11.8. The molecular formula is C16H11BrFN3O4S. The first-order valence-corrected chi connectivity index (χ1v) is 9.36. The van der Waals surface area contributed by atoms with Crippen molar-refractivity contribution in [3.8, 4) is 5.88 Å². The van der Waals surface area contributed by atoms with Crippen LogP contribution in [0.5, 0.6) is 5.88 Å². The molecule has 0 saturated carbocycles. The molecule has 0 unspecified atom stereocenters. The lowest BCUT2D eigenvalue weighted by atomic mass is 10.2. The van der Waals surface area contributed by atoms with Crippen molar-refractivity contribution in [3.63, 3.8) is 0 Å². The Balaban J connectivity index is 1.91. The number of nitrogen functional groups attached to an aromatic ring is 1. The zero-order valence-electron chi connectivity index (χ0n) is 13.0. The molecule has 2 N–H and O–H groups in total. The standard InChI is InChI=1S/C16H11BrFN3O4S/c17-13-4-2-1-3-12(13)16(22)25-15-9-14(19)21(20-15)26(23,24)11-7-5-10(18)6-8-11/h1-9H,19H2. The number of hydrogen-bond donors (Lipinski definition) is 1. The summed E-state index contributed by atoms with van der Waals surface area (Å²) in [6.07, 6.45) is 0. The molecule has 1 heterocycles. The maximum atomic E-state index is 13.0. The van der Waals surface area contributed by atoms with Gasteiger partial charge in [-0.1, -0.05) is 12.1 Å². The van der Waals surface area contributed by atoms with Gasteiger partial charge < -0.3 is 10.5 Å². The van der Waals surface area contributed by atoms with Gasteiger partial charge in [-0.3, -0.25) is 0 Å². The van der Waals surface area contributed by atoms with E-state index in [0.717, 1.165) is 30.3 Å². The Hall–Kier alpha value is -2.72. The van der Waals surface area contributed by atoms with Crippen LogP contribution in [0.15, 0.2) is 64.0 Å². The van der Waals surface area contributed by atoms with E-state index in [1.807, 2.05) is 0 Å². The molecule has 0 amide bonds. The third kappa shape index (κ3) is 3.46. The maximum Gasteiger partial charge on any atom is 0.346 e. The van der Waals surface area contributed by atoms with Crippen LogP contribution in [-0.4, -0.2) is 23.6 Å². The van der Waals surface area contributed by atoms with E-state index >= 15 is 0 Å². The van der Waals surface area contributed by atoms with Crippen molar-refractivity contribution in [2.24, 2.45) is 0 Å². The fourth-order valence-electron chi connectivity index (χ4n) is 2.08. The number of nitrogens with two attached hydrogens (primary N) is 1. The Morgan fingerprint density at radius 3 is 2.46 bits per heavy atom. The summed E-state index contributed by atoms with van der Waals surface area (Å²) in [5.41, 5.74) is 5.92. The summed E-state index contributed by atoms with van der Waals surface area (Å²) in [5.74, 6) is -1.86. The largest absolute Gasteiger partial charge is 0.402 e. The first-order valence-electron chi connectivity index (χ1n) is 7.12. The summed E-state index contributed by atoms with van der Waals surface area (Å²) in [7, 11) is -4.16. The fraction of sp³-hybridized carbons (Fsp3) is 0. The molecule has 0 saturated heterocycles. The predicted octanol–water partition coefficient (Wildman–Crippen LogP) is 2.82. The molecule has 0 fully saturated rings. The Labute approximate surface area is 156 Å². The van der Waals surface area contributed by atoms with E-state index < -0.39 is 21.8 Å². The Morgan fingerprint density at radius 1 is 1.15 bits per heavy atom. The number of esters is 1. The van der Waals surface area contributed by atoms with Crippen LogP contribution in [0.25, 0.3) is 0 Å². The van der Waals surface area contributed by atoms with Crippen molar-refractivity contribution in [2.45, 2.75) is 4.90 Å². The summed E-state index contributed by atoms with van der Waals surface area (Å²) in [5, 5.41) is 3.73. The average Bonchev–Trinajstić information content (AvgIpc) is 2.96. The number of carbonyl (C=O) groups is 1. The monoisotopic (exact) mass is 439 g/mol. The molecule has 3 aromatic rings. The first kappa shape index (κ1) is 18.1. The Kier molecular flexibility index (Phi) is 4.79. The molecular weight excluding hydrogens is 429 g/mol. The molecule has 134 valence electrons. The topological polar surface area (TPSA) is 104 Å². The van der Waals surface area contributed by atoms with Crippen molar-refractivity contribution in [2.75, 3.05) is 5.73 Å². The molecule has 26 heavy (non-hydrogen) atoms. The Morgan fingerprint density at radius 2 is 1.81 bits per heavy atom. The van der Waals surface area contributed by atoms with Crippen molar-refractivity contribution in [1.82, 2.24) is 9.19 Å². The van der Waals surface area contributed by atoms with Crippen LogP contribution in [0, 0.1) is 5.82 Å². The van der Waals surface area contributed by atoms with Gasteiger partial charge in [-0.2, -0.15) is 8.42 Å². The van der Waals surface area contributed by atoms with Crippen LogP contribution in [0.3, 0.4) is 0 Å². The number of anilines is 1. The molecule has 0 aliphatic heterocycles. The second-order valence-electron chi connectivity index (χ2n) is 5.08. The molecule has 10 heteroatoms. The molecule has 3 rings (SSSR count). The van der Waals surface area contributed by atoms with E-state index in [-0.39, 0.29) is 22.2 Å². The number of rotatable bonds is 4. The van der Waals surface area contributed by atoms with Crippen molar-refractivity contribution in [3.05, 3.63) is 70.5 Å². The minimum atomic E-state index is -4.16. The highest BCUT2D eigenvalue weighted by atomic mass is 79.9. The summed E-state index contributed by atoms with van der Waals surface area (Å²) < 4.78 is 44.2. The van der Waals surface area contributed by atoms with Crippen LogP contribution in [0.4, 0.5) is 10.2 Å². The number of ether oxygens (including phenoxy) is 1. The van der Waals surface area contributed by atoms with Gasteiger partial charge in [0, 0.05) is 10.5 Å². The van der Waals surface area contributed by atoms with Crippen molar-refractivity contribution < 1.29 is 22.3 Å². The van der Waals surface area contributed by atoms with Crippen LogP contribution in [0.1, 0.15) is 10.4 Å². The van der Waals surface area contributed by atoms with Gasteiger partial charge in [-0.05, 0) is 52.3 Å².